The molecule has 34 heavy (non-hydrogen) atoms. The van der Waals surface area contributed by atoms with E-state index in [0.717, 1.165) is 29.5 Å². The number of hydrogen-bond donors (Lipinski definition) is 2. The van der Waals surface area contributed by atoms with Gasteiger partial charge in [0, 0.05) is 53.6 Å². The monoisotopic (exact) mass is 482 g/mol. The molecule has 7 nitrogen and oxygen atoms in total. The molecule has 2 aromatic heterocycles. The number of halogens is 1. The van der Waals surface area contributed by atoms with Crippen molar-refractivity contribution in [2.24, 2.45) is 0 Å². The van der Waals surface area contributed by atoms with Crippen LogP contribution in [0.25, 0.3) is 10.8 Å². The molecule has 5 rings (SSSR count). The second kappa shape index (κ2) is 8.39. The number of rotatable bonds is 7. The van der Waals surface area contributed by atoms with Gasteiger partial charge in [-0.25, -0.2) is 17.5 Å². The van der Waals surface area contributed by atoms with Crippen LogP contribution < -0.4 is 10.0 Å². The standard InChI is InChI=1S/C25H27FN4O3S/c1-25(2,26)14-29-34(32,33)23-20-10-19(30-24(31)16-4-3-7-27-12-16)9-17(20)8-18-13-28-22(11-21(18)23)15-5-6-15/h3-4,7-8,11-13,15,19,29H,5-6,9-10,14H2,1-2H3,(H,30,31). The fourth-order valence-electron chi connectivity index (χ4n) is 4.48. The maximum atomic E-state index is 14.2. The van der Waals surface area contributed by atoms with Crippen LogP contribution in [0.1, 0.15) is 59.8 Å². The van der Waals surface area contributed by atoms with E-state index in [9.17, 15) is 17.6 Å². The lowest BCUT2D eigenvalue weighted by Gasteiger charge is -2.18. The Labute approximate surface area is 198 Å². The van der Waals surface area contributed by atoms with Crippen LogP contribution in [-0.2, 0) is 22.9 Å². The van der Waals surface area contributed by atoms with Gasteiger partial charge >= 0.3 is 0 Å². The number of benzene rings is 1. The van der Waals surface area contributed by atoms with E-state index >= 15 is 0 Å². The molecule has 1 aromatic carbocycles. The minimum absolute atomic E-state index is 0.173. The van der Waals surface area contributed by atoms with Crippen LogP contribution in [0.4, 0.5) is 4.39 Å². The summed E-state index contributed by atoms with van der Waals surface area (Å²) in [6.07, 6.45) is 7.77. The van der Waals surface area contributed by atoms with E-state index in [1.54, 1.807) is 24.5 Å². The smallest absolute Gasteiger partial charge is 0.253 e. The molecule has 9 heteroatoms. The highest BCUT2D eigenvalue weighted by Crippen LogP contribution is 2.42. The van der Waals surface area contributed by atoms with E-state index in [1.807, 2.05) is 12.1 Å². The fraction of sp³-hybridized carbons (Fsp3) is 0.400. The number of hydrogen-bond acceptors (Lipinski definition) is 5. The molecule has 1 atom stereocenters. The maximum Gasteiger partial charge on any atom is 0.253 e. The van der Waals surface area contributed by atoms with Gasteiger partial charge in [-0.2, -0.15) is 0 Å². The summed E-state index contributed by atoms with van der Waals surface area (Å²) in [6.45, 7) is 2.34. The van der Waals surface area contributed by atoms with E-state index in [4.69, 9.17) is 0 Å². The van der Waals surface area contributed by atoms with E-state index in [0.29, 0.717) is 35.3 Å². The van der Waals surface area contributed by atoms with Crippen LogP contribution in [0.3, 0.4) is 0 Å². The number of sulfonamides is 1. The predicted molar refractivity (Wildman–Crippen MR) is 127 cm³/mol. The molecule has 0 spiro atoms. The van der Waals surface area contributed by atoms with Crippen molar-refractivity contribution in [1.29, 1.82) is 0 Å². The van der Waals surface area contributed by atoms with Gasteiger partial charge in [-0.1, -0.05) is 0 Å². The molecule has 1 saturated carbocycles. The zero-order chi connectivity index (χ0) is 24.1. The number of fused-ring (bicyclic) bond motifs is 2. The lowest BCUT2D eigenvalue weighted by atomic mass is 10.0. The van der Waals surface area contributed by atoms with E-state index < -0.39 is 15.7 Å². The minimum atomic E-state index is -4.01. The summed E-state index contributed by atoms with van der Waals surface area (Å²) >= 11 is 0. The van der Waals surface area contributed by atoms with Crippen molar-refractivity contribution in [2.45, 2.75) is 62.1 Å². The Balaban J connectivity index is 1.54. The lowest BCUT2D eigenvalue weighted by molar-refractivity contribution is 0.0938. The Hall–Kier alpha value is -2.91. The van der Waals surface area contributed by atoms with Crippen LogP contribution in [0, 0.1) is 0 Å². The van der Waals surface area contributed by atoms with Crippen LogP contribution >= 0.6 is 0 Å². The van der Waals surface area contributed by atoms with Gasteiger partial charge in [-0.05, 0) is 74.9 Å². The first-order chi connectivity index (χ1) is 16.1. The number of aromatic nitrogens is 2. The van der Waals surface area contributed by atoms with Gasteiger partial charge in [0.1, 0.15) is 5.67 Å². The molecule has 2 aliphatic carbocycles. The van der Waals surface area contributed by atoms with Crippen LogP contribution in [0.15, 0.2) is 47.8 Å². The Morgan fingerprint density at radius 1 is 1.21 bits per heavy atom. The number of nitrogens with zero attached hydrogens (tertiary/aromatic N) is 2. The molecule has 1 fully saturated rings. The topological polar surface area (TPSA) is 101 Å². The van der Waals surface area contributed by atoms with Crippen molar-refractivity contribution >= 4 is 26.7 Å². The summed E-state index contributed by atoms with van der Waals surface area (Å²) in [6, 6.07) is 6.94. The quantitative estimate of drug-likeness (QED) is 0.537. The Morgan fingerprint density at radius 3 is 2.68 bits per heavy atom. The largest absolute Gasteiger partial charge is 0.349 e. The van der Waals surface area contributed by atoms with Gasteiger partial charge in [-0.15, -0.1) is 0 Å². The zero-order valence-corrected chi connectivity index (χ0v) is 20.0. The zero-order valence-electron chi connectivity index (χ0n) is 19.1. The summed E-state index contributed by atoms with van der Waals surface area (Å²) in [5.41, 5.74) is 1.16. The van der Waals surface area contributed by atoms with Crippen molar-refractivity contribution < 1.29 is 17.6 Å². The highest BCUT2D eigenvalue weighted by Gasteiger charge is 2.34. The van der Waals surface area contributed by atoms with E-state index in [1.165, 1.54) is 20.0 Å². The highest BCUT2D eigenvalue weighted by molar-refractivity contribution is 7.89. The molecule has 0 aliphatic heterocycles. The third kappa shape index (κ3) is 4.67. The third-order valence-electron chi connectivity index (χ3n) is 6.31. The molecule has 1 amide bonds. The predicted octanol–water partition coefficient (Wildman–Crippen LogP) is 3.43. The van der Waals surface area contributed by atoms with Crippen LogP contribution in [0.5, 0.6) is 0 Å². The summed E-state index contributed by atoms with van der Waals surface area (Å²) in [4.78, 5) is 21.4. The summed E-state index contributed by atoms with van der Waals surface area (Å²) in [5, 5.41) is 4.32. The third-order valence-corrected chi connectivity index (χ3v) is 7.84. The van der Waals surface area contributed by atoms with Gasteiger partial charge in [0.15, 0.2) is 0 Å². The second-order valence-electron chi connectivity index (χ2n) is 9.81. The first kappa shape index (κ1) is 22.9. The SMILES string of the molecule is CC(C)(F)CNS(=O)(=O)c1c2c(cc3cnc(C4CC4)cc13)CC(NC(=O)c1cccnc1)C2. The lowest BCUT2D eigenvalue weighted by Crippen LogP contribution is -2.36. The number of alkyl halides is 1. The van der Waals surface area contributed by atoms with E-state index in [-0.39, 0.29) is 23.4 Å². The second-order valence-corrected chi connectivity index (χ2v) is 11.5. The fourth-order valence-corrected chi connectivity index (χ4v) is 6.17. The number of pyridine rings is 2. The molecule has 3 aromatic rings. The molecule has 178 valence electrons. The van der Waals surface area contributed by atoms with Crippen LogP contribution in [0.2, 0.25) is 0 Å². The van der Waals surface area contributed by atoms with Crippen molar-refractivity contribution in [3.63, 3.8) is 0 Å². The maximum absolute atomic E-state index is 14.2. The molecule has 0 bridgehead atoms. The van der Waals surface area contributed by atoms with Gasteiger partial charge in [0.05, 0.1) is 10.5 Å². The summed E-state index contributed by atoms with van der Waals surface area (Å²) in [7, 11) is -4.01. The first-order valence-electron chi connectivity index (χ1n) is 11.4. The molecule has 1 unspecified atom stereocenters. The summed E-state index contributed by atoms with van der Waals surface area (Å²) < 4.78 is 43.7. The Bertz CT molecular complexity index is 1370. The summed E-state index contributed by atoms with van der Waals surface area (Å²) in [5.74, 6) is 0.104. The first-order valence-corrected chi connectivity index (χ1v) is 12.9. The van der Waals surface area contributed by atoms with Crippen molar-refractivity contribution in [3.8, 4) is 0 Å². The normalized spacial score (nSPS) is 18.1. The average molecular weight is 483 g/mol. The van der Waals surface area contributed by atoms with Crippen molar-refractivity contribution in [1.82, 2.24) is 20.0 Å². The van der Waals surface area contributed by atoms with Gasteiger partial charge < -0.3 is 5.32 Å². The van der Waals surface area contributed by atoms with Gasteiger partial charge in [0.25, 0.3) is 5.91 Å². The molecule has 2 N–H and O–H groups in total. The highest BCUT2D eigenvalue weighted by atomic mass is 32.2. The Kier molecular flexibility index (Phi) is 5.64. The Morgan fingerprint density at radius 2 is 2.00 bits per heavy atom. The van der Waals surface area contributed by atoms with Crippen molar-refractivity contribution in [3.05, 3.63) is 65.2 Å². The van der Waals surface area contributed by atoms with Crippen LogP contribution in [-0.4, -0.2) is 42.5 Å². The minimum Gasteiger partial charge on any atom is -0.349 e. The number of carbonyl (C=O) groups excluding carboxylic acids is 1. The average Bonchev–Trinajstić information content (AvgIpc) is 3.56. The van der Waals surface area contributed by atoms with Gasteiger partial charge in [0.2, 0.25) is 10.0 Å². The van der Waals surface area contributed by atoms with Crippen molar-refractivity contribution in [2.75, 3.05) is 6.54 Å². The van der Waals surface area contributed by atoms with E-state index in [2.05, 4.69) is 20.0 Å². The molecule has 0 saturated heterocycles. The molecular formula is C25H27FN4O3S. The molecule has 2 heterocycles. The number of amides is 1. The number of carbonyl (C=O) groups is 1. The number of nitrogens with one attached hydrogen (secondary N) is 2. The molecule has 0 radical (unpaired) electrons. The molecule has 2 aliphatic rings. The van der Waals surface area contributed by atoms with Gasteiger partial charge in [-0.3, -0.25) is 14.8 Å². The molecular weight excluding hydrogens is 455 g/mol.